The summed E-state index contributed by atoms with van der Waals surface area (Å²) in [6.45, 7) is 2.20. The van der Waals surface area contributed by atoms with E-state index in [1.807, 2.05) is 4.90 Å². The van der Waals surface area contributed by atoms with Crippen molar-refractivity contribution in [2.24, 2.45) is 0 Å². The first kappa shape index (κ1) is 13.3. The molecule has 0 aromatic rings. The predicted molar refractivity (Wildman–Crippen MR) is 50.9 cm³/mol. The summed E-state index contributed by atoms with van der Waals surface area (Å²) >= 11 is 0. The third kappa shape index (κ3) is 2.88. The number of hydrogen-bond acceptors (Lipinski definition) is 4. The Balaban J connectivity index is 2.81. The van der Waals surface area contributed by atoms with Crippen molar-refractivity contribution in [3.8, 4) is 0 Å². The fourth-order valence-electron chi connectivity index (χ4n) is 1.23. The molecular formula is C8H12F3NO3S. The van der Waals surface area contributed by atoms with Crippen LogP contribution < -0.4 is 0 Å². The zero-order valence-corrected chi connectivity index (χ0v) is 9.60. The minimum Gasteiger partial charge on any atom is -0.381 e. The highest BCUT2D eigenvalue weighted by atomic mass is 32.2. The number of halogens is 3. The molecule has 4 nitrogen and oxygen atoms in total. The molecule has 1 aliphatic heterocycles. The second-order valence-corrected chi connectivity index (χ2v) is 5.13. The molecule has 0 N–H and O–H groups in total. The van der Waals surface area contributed by atoms with E-state index in [0.29, 0.717) is 6.54 Å². The van der Waals surface area contributed by atoms with E-state index in [1.165, 1.54) is 6.08 Å². The Kier molecular flexibility index (Phi) is 3.53. The smallest absolute Gasteiger partial charge is 0.381 e. The SMILES string of the molecule is CC1C=C(OS(=O)(=O)C(F)(F)F)CCN1C. The van der Waals surface area contributed by atoms with Crippen LogP contribution in [0.4, 0.5) is 13.2 Å². The number of hydrogen-bond donors (Lipinski definition) is 0. The molecule has 94 valence electrons. The molecule has 0 amide bonds. The molecule has 1 rings (SSSR count). The fraction of sp³-hybridized carbons (Fsp3) is 0.750. The summed E-state index contributed by atoms with van der Waals surface area (Å²) in [6.07, 6.45) is 1.52. The van der Waals surface area contributed by atoms with E-state index >= 15 is 0 Å². The molecule has 0 bridgehead atoms. The van der Waals surface area contributed by atoms with Crippen molar-refractivity contribution in [1.82, 2.24) is 4.90 Å². The lowest BCUT2D eigenvalue weighted by atomic mass is 10.1. The Labute approximate surface area is 91.8 Å². The maximum atomic E-state index is 12.0. The van der Waals surface area contributed by atoms with Crippen molar-refractivity contribution in [3.05, 3.63) is 11.8 Å². The zero-order chi connectivity index (χ0) is 12.6. The Hall–Kier alpha value is -0.760. The van der Waals surface area contributed by atoms with Gasteiger partial charge in [0.1, 0.15) is 5.76 Å². The molecule has 1 heterocycles. The van der Waals surface area contributed by atoms with E-state index in [-0.39, 0.29) is 18.2 Å². The van der Waals surface area contributed by atoms with E-state index in [4.69, 9.17) is 0 Å². The lowest BCUT2D eigenvalue weighted by Gasteiger charge is -2.27. The molecule has 0 aromatic heterocycles. The molecule has 1 atom stereocenters. The van der Waals surface area contributed by atoms with Gasteiger partial charge in [-0.15, -0.1) is 0 Å². The molecule has 16 heavy (non-hydrogen) atoms. The van der Waals surface area contributed by atoms with Gasteiger partial charge < -0.3 is 4.18 Å². The Bertz CT molecular complexity index is 388. The second-order valence-electron chi connectivity index (χ2n) is 3.59. The van der Waals surface area contributed by atoms with Crippen LogP contribution in [0.15, 0.2) is 11.8 Å². The highest BCUT2D eigenvalue weighted by Crippen LogP contribution is 2.28. The van der Waals surface area contributed by atoms with E-state index in [2.05, 4.69) is 4.18 Å². The van der Waals surface area contributed by atoms with Crippen molar-refractivity contribution >= 4 is 10.1 Å². The highest BCUT2D eigenvalue weighted by Gasteiger charge is 2.48. The molecule has 0 fully saturated rings. The van der Waals surface area contributed by atoms with Crippen LogP contribution in [0.2, 0.25) is 0 Å². The van der Waals surface area contributed by atoms with Gasteiger partial charge in [0.05, 0.1) is 0 Å². The van der Waals surface area contributed by atoms with Gasteiger partial charge in [-0.25, -0.2) is 0 Å². The second kappa shape index (κ2) is 4.25. The first-order chi connectivity index (χ1) is 7.13. The maximum Gasteiger partial charge on any atom is 0.534 e. The van der Waals surface area contributed by atoms with Gasteiger partial charge in [0, 0.05) is 19.0 Å². The van der Waals surface area contributed by atoms with Crippen LogP contribution in [0.1, 0.15) is 13.3 Å². The number of nitrogens with zero attached hydrogens (tertiary/aromatic N) is 1. The van der Waals surface area contributed by atoms with E-state index in [1.54, 1.807) is 14.0 Å². The van der Waals surface area contributed by atoms with Gasteiger partial charge >= 0.3 is 15.6 Å². The van der Waals surface area contributed by atoms with Crippen LogP contribution >= 0.6 is 0 Å². The van der Waals surface area contributed by atoms with Gasteiger partial charge in [0.2, 0.25) is 0 Å². The van der Waals surface area contributed by atoms with E-state index in [9.17, 15) is 21.6 Å². The van der Waals surface area contributed by atoms with Gasteiger partial charge in [-0.1, -0.05) is 0 Å². The molecule has 0 aliphatic carbocycles. The number of alkyl halides is 3. The Morgan fingerprint density at radius 2 is 2.06 bits per heavy atom. The molecule has 0 radical (unpaired) electrons. The first-order valence-corrected chi connectivity index (χ1v) is 5.96. The predicted octanol–water partition coefficient (Wildman–Crippen LogP) is 1.46. The molecule has 0 spiro atoms. The lowest BCUT2D eigenvalue weighted by Crippen LogP contribution is -2.34. The Morgan fingerprint density at radius 1 is 1.50 bits per heavy atom. The normalized spacial score (nSPS) is 24.1. The summed E-state index contributed by atoms with van der Waals surface area (Å²) in [6, 6.07) is -0.146. The summed E-state index contributed by atoms with van der Waals surface area (Å²) in [4.78, 5) is 1.87. The number of rotatable bonds is 2. The molecular weight excluding hydrogens is 247 g/mol. The third-order valence-electron chi connectivity index (χ3n) is 2.33. The Morgan fingerprint density at radius 3 is 2.50 bits per heavy atom. The van der Waals surface area contributed by atoms with Crippen LogP contribution in [0, 0.1) is 0 Å². The average molecular weight is 259 g/mol. The van der Waals surface area contributed by atoms with E-state index in [0.717, 1.165) is 0 Å². The number of likely N-dealkylation sites (N-methyl/N-ethyl adjacent to an activating group) is 1. The molecule has 1 unspecified atom stereocenters. The summed E-state index contributed by atoms with van der Waals surface area (Å²) in [5.41, 5.74) is -5.37. The molecule has 1 aliphatic rings. The maximum absolute atomic E-state index is 12.0. The van der Waals surface area contributed by atoms with Crippen LogP contribution in [0.5, 0.6) is 0 Å². The van der Waals surface area contributed by atoms with Gasteiger partial charge in [-0.3, -0.25) is 4.90 Å². The molecule has 8 heteroatoms. The van der Waals surface area contributed by atoms with Crippen LogP contribution in [-0.4, -0.2) is 38.5 Å². The summed E-state index contributed by atoms with van der Waals surface area (Å²) in [7, 11) is -3.74. The topological polar surface area (TPSA) is 46.6 Å². The standard InChI is InChI=1S/C8H12F3NO3S/c1-6-5-7(3-4-12(6)2)15-16(13,14)8(9,10)11/h5-6H,3-4H2,1-2H3. The van der Waals surface area contributed by atoms with Gasteiger partial charge in [-0.05, 0) is 20.0 Å². The third-order valence-corrected chi connectivity index (χ3v) is 3.33. The minimum absolute atomic E-state index is 0.146. The molecule has 0 saturated heterocycles. The van der Waals surface area contributed by atoms with Gasteiger partial charge in [0.15, 0.2) is 0 Å². The summed E-state index contributed by atoms with van der Waals surface area (Å²) in [5, 5.41) is 0. The van der Waals surface area contributed by atoms with Crippen LogP contribution in [-0.2, 0) is 14.3 Å². The lowest BCUT2D eigenvalue weighted by molar-refractivity contribution is -0.0525. The van der Waals surface area contributed by atoms with Crippen molar-refractivity contribution in [2.75, 3.05) is 13.6 Å². The van der Waals surface area contributed by atoms with E-state index < -0.39 is 15.6 Å². The van der Waals surface area contributed by atoms with Crippen molar-refractivity contribution in [2.45, 2.75) is 24.9 Å². The van der Waals surface area contributed by atoms with Crippen LogP contribution in [0.3, 0.4) is 0 Å². The first-order valence-electron chi connectivity index (χ1n) is 4.55. The van der Waals surface area contributed by atoms with Crippen LogP contribution in [0.25, 0.3) is 0 Å². The van der Waals surface area contributed by atoms with Crippen molar-refractivity contribution in [1.29, 1.82) is 0 Å². The molecule has 0 aromatic carbocycles. The minimum atomic E-state index is -5.53. The quantitative estimate of drug-likeness (QED) is 0.556. The molecule has 0 saturated carbocycles. The average Bonchev–Trinajstić information content (AvgIpc) is 2.09. The van der Waals surface area contributed by atoms with Gasteiger partial charge in [0.25, 0.3) is 0 Å². The summed E-state index contributed by atoms with van der Waals surface area (Å²) in [5.74, 6) is -0.150. The zero-order valence-electron chi connectivity index (χ0n) is 8.78. The van der Waals surface area contributed by atoms with Gasteiger partial charge in [-0.2, -0.15) is 21.6 Å². The van der Waals surface area contributed by atoms with Crippen molar-refractivity contribution < 1.29 is 25.8 Å². The largest absolute Gasteiger partial charge is 0.534 e. The fourth-order valence-corrected chi connectivity index (χ4v) is 1.74. The van der Waals surface area contributed by atoms with Crippen molar-refractivity contribution in [3.63, 3.8) is 0 Å². The monoisotopic (exact) mass is 259 g/mol. The summed E-state index contributed by atoms with van der Waals surface area (Å²) < 4.78 is 61.5. The highest BCUT2D eigenvalue weighted by molar-refractivity contribution is 7.87.